The zero-order valence-corrected chi connectivity index (χ0v) is 15.0. The van der Waals surface area contributed by atoms with Crippen molar-refractivity contribution in [1.29, 1.82) is 0 Å². The number of aryl methyl sites for hydroxylation is 1. The van der Waals surface area contributed by atoms with Gasteiger partial charge >= 0.3 is 0 Å². The number of rotatable bonds is 3. The molecule has 0 unspecified atom stereocenters. The molecule has 0 radical (unpaired) electrons. The molecule has 4 nitrogen and oxygen atoms in total. The molecule has 5 heteroatoms. The summed E-state index contributed by atoms with van der Waals surface area (Å²) in [5, 5.41) is 3.49. The molecule has 3 aromatic carbocycles. The molecule has 1 aromatic heterocycles. The lowest BCUT2D eigenvalue weighted by atomic mass is 10.0. The lowest BCUT2D eigenvalue weighted by Crippen LogP contribution is -2.11. The molecular formula is C21H17N3OS. The molecule has 3 N–H and O–H groups in total. The molecule has 1 heterocycles. The molecule has 0 saturated carbocycles. The van der Waals surface area contributed by atoms with Crippen molar-refractivity contribution in [2.24, 2.45) is 0 Å². The number of benzene rings is 3. The Morgan fingerprint density at radius 2 is 1.69 bits per heavy atom. The second-order valence-electron chi connectivity index (χ2n) is 6.09. The summed E-state index contributed by atoms with van der Waals surface area (Å²) in [6, 6.07) is 21.5. The van der Waals surface area contributed by atoms with Crippen molar-refractivity contribution in [2.45, 2.75) is 6.92 Å². The third-order valence-corrected chi connectivity index (χ3v) is 5.05. The summed E-state index contributed by atoms with van der Waals surface area (Å²) in [5.41, 5.74) is 11.2. The highest BCUT2D eigenvalue weighted by Crippen LogP contribution is 2.30. The number of hydrogen-bond donors (Lipinski definition) is 2. The van der Waals surface area contributed by atoms with Crippen molar-refractivity contribution in [3.63, 3.8) is 0 Å². The summed E-state index contributed by atoms with van der Waals surface area (Å²) >= 11 is 1.42. The van der Waals surface area contributed by atoms with E-state index in [1.54, 1.807) is 0 Å². The van der Waals surface area contributed by atoms with Crippen molar-refractivity contribution in [2.75, 3.05) is 11.1 Å². The Morgan fingerprint density at radius 1 is 1.00 bits per heavy atom. The highest BCUT2D eigenvalue weighted by molar-refractivity contribution is 7.22. The van der Waals surface area contributed by atoms with Crippen LogP contribution in [0.1, 0.15) is 15.9 Å². The van der Waals surface area contributed by atoms with Crippen LogP contribution in [0.15, 0.2) is 66.7 Å². The third kappa shape index (κ3) is 3.17. The number of nitrogens with zero attached hydrogens (tertiary/aromatic N) is 1. The van der Waals surface area contributed by atoms with E-state index in [9.17, 15) is 4.79 Å². The van der Waals surface area contributed by atoms with E-state index in [1.807, 2.05) is 73.7 Å². The van der Waals surface area contributed by atoms with Crippen LogP contribution in [0.25, 0.3) is 21.3 Å². The normalized spacial score (nSPS) is 10.8. The van der Waals surface area contributed by atoms with Crippen molar-refractivity contribution >= 4 is 38.3 Å². The number of anilines is 2. The summed E-state index contributed by atoms with van der Waals surface area (Å²) < 4.78 is 0.970. The first-order valence-corrected chi connectivity index (χ1v) is 9.05. The van der Waals surface area contributed by atoms with Crippen molar-refractivity contribution in [3.8, 4) is 11.1 Å². The molecule has 4 rings (SSSR count). The van der Waals surface area contributed by atoms with Gasteiger partial charge in [0, 0.05) is 11.3 Å². The number of carbonyl (C=O) groups is 1. The van der Waals surface area contributed by atoms with Crippen molar-refractivity contribution in [1.82, 2.24) is 4.98 Å². The number of carbonyl (C=O) groups excluding carboxylic acids is 1. The summed E-state index contributed by atoms with van der Waals surface area (Å²) in [7, 11) is 0. The van der Waals surface area contributed by atoms with E-state index in [0.29, 0.717) is 10.7 Å². The maximum Gasteiger partial charge on any atom is 0.255 e. The SMILES string of the molecule is Cc1cc(NC(=O)c2ccc(-c3ccccc3)cc2)cc2sc(N)nc12. The Kier molecular flexibility index (Phi) is 4.14. The van der Waals surface area contributed by atoms with Gasteiger partial charge in [0.2, 0.25) is 0 Å². The molecule has 0 fully saturated rings. The van der Waals surface area contributed by atoms with E-state index in [-0.39, 0.29) is 5.91 Å². The molecule has 0 aliphatic carbocycles. The predicted octanol–water partition coefficient (Wildman–Crippen LogP) is 5.11. The van der Waals surface area contributed by atoms with E-state index in [4.69, 9.17) is 5.73 Å². The van der Waals surface area contributed by atoms with Crippen LogP contribution >= 0.6 is 11.3 Å². The van der Waals surface area contributed by atoms with Crippen LogP contribution in [0.4, 0.5) is 10.8 Å². The van der Waals surface area contributed by atoms with E-state index in [0.717, 1.165) is 32.6 Å². The number of thiazole rings is 1. The number of nitrogen functional groups attached to an aromatic ring is 1. The number of hydrogen-bond acceptors (Lipinski definition) is 4. The van der Waals surface area contributed by atoms with Crippen LogP contribution in [0, 0.1) is 6.92 Å². The van der Waals surface area contributed by atoms with E-state index in [1.165, 1.54) is 11.3 Å². The second kappa shape index (κ2) is 6.61. The summed E-state index contributed by atoms with van der Waals surface area (Å²) in [6.07, 6.45) is 0. The lowest BCUT2D eigenvalue weighted by molar-refractivity contribution is 0.102. The van der Waals surface area contributed by atoms with Gasteiger partial charge < -0.3 is 11.1 Å². The lowest BCUT2D eigenvalue weighted by Gasteiger charge is -2.08. The molecule has 0 bridgehead atoms. The Morgan fingerprint density at radius 3 is 2.42 bits per heavy atom. The Hall–Kier alpha value is -3.18. The van der Waals surface area contributed by atoms with Gasteiger partial charge in [0.05, 0.1) is 10.2 Å². The molecule has 0 atom stereocenters. The van der Waals surface area contributed by atoms with Gasteiger partial charge in [-0.05, 0) is 47.9 Å². The zero-order valence-electron chi connectivity index (χ0n) is 14.2. The van der Waals surface area contributed by atoms with Crippen LogP contribution in [0.2, 0.25) is 0 Å². The average Bonchev–Trinajstić information content (AvgIpc) is 3.03. The van der Waals surface area contributed by atoms with Gasteiger partial charge in [-0.2, -0.15) is 0 Å². The van der Waals surface area contributed by atoms with Gasteiger partial charge in [0.25, 0.3) is 5.91 Å². The molecule has 128 valence electrons. The van der Waals surface area contributed by atoms with Crippen LogP contribution in [0.5, 0.6) is 0 Å². The predicted molar refractivity (Wildman–Crippen MR) is 109 cm³/mol. The number of fused-ring (bicyclic) bond motifs is 1. The highest BCUT2D eigenvalue weighted by atomic mass is 32.1. The average molecular weight is 359 g/mol. The number of aromatic nitrogens is 1. The summed E-state index contributed by atoms with van der Waals surface area (Å²) in [5.74, 6) is -0.138. The molecule has 0 spiro atoms. The maximum absolute atomic E-state index is 12.6. The highest BCUT2D eigenvalue weighted by Gasteiger charge is 2.10. The monoisotopic (exact) mass is 359 g/mol. The fourth-order valence-electron chi connectivity index (χ4n) is 2.93. The Bertz CT molecular complexity index is 1090. The molecule has 0 saturated heterocycles. The fraction of sp³-hybridized carbons (Fsp3) is 0.0476. The number of amides is 1. The standard InChI is InChI=1S/C21H17N3OS/c1-13-11-17(12-18-19(13)24-21(22)26-18)23-20(25)16-9-7-15(8-10-16)14-5-3-2-4-6-14/h2-12H,1H3,(H2,22,24)(H,23,25). The Labute approximate surface area is 155 Å². The van der Waals surface area contributed by atoms with Crippen molar-refractivity contribution < 1.29 is 4.79 Å². The van der Waals surface area contributed by atoms with Gasteiger partial charge in [0.1, 0.15) is 0 Å². The fourth-order valence-corrected chi connectivity index (χ4v) is 3.79. The van der Waals surface area contributed by atoms with Gasteiger partial charge in [-0.15, -0.1) is 0 Å². The van der Waals surface area contributed by atoms with Crippen LogP contribution < -0.4 is 11.1 Å². The molecule has 4 aromatic rings. The van der Waals surface area contributed by atoms with E-state index in [2.05, 4.69) is 10.3 Å². The van der Waals surface area contributed by atoms with Crippen LogP contribution in [0.3, 0.4) is 0 Å². The largest absolute Gasteiger partial charge is 0.375 e. The molecule has 26 heavy (non-hydrogen) atoms. The van der Waals surface area contributed by atoms with Gasteiger partial charge in [-0.3, -0.25) is 4.79 Å². The number of nitrogens with two attached hydrogens (primary N) is 1. The minimum Gasteiger partial charge on any atom is -0.375 e. The van der Waals surface area contributed by atoms with E-state index >= 15 is 0 Å². The summed E-state index contributed by atoms with van der Waals surface area (Å²) in [6.45, 7) is 1.96. The summed E-state index contributed by atoms with van der Waals surface area (Å²) in [4.78, 5) is 16.9. The first-order valence-electron chi connectivity index (χ1n) is 8.24. The van der Waals surface area contributed by atoms with Gasteiger partial charge in [0.15, 0.2) is 5.13 Å². The molecule has 0 aliphatic rings. The second-order valence-corrected chi connectivity index (χ2v) is 7.15. The maximum atomic E-state index is 12.6. The first-order chi connectivity index (χ1) is 12.6. The smallest absolute Gasteiger partial charge is 0.255 e. The third-order valence-electron chi connectivity index (χ3n) is 4.21. The quantitative estimate of drug-likeness (QED) is 0.534. The van der Waals surface area contributed by atoms with Crippen LogP contribution in [-0.2, 0) is 0 Å². The molecule has 0 aliphatic heterocycles. The molecular weight excluding hydrogens is 342 g/mol. The first kappa shape index (κ1) is 16.3. The van der Waals surface area contributed by atoms with Gasteiger partial charge in [-0.25, -0.2) is 4.98 Å². The van der Waals surface area contributed by atoms with Crippen LogP contribution in [-0.4, -0.2) is 10.9 Å². The topological polar surface area (TPSA) is 68.0 Å². The Balaban J connectivity index is 1.56. The van der Waals surface area contributed by atoms with Crippen molar-refractivity contribution in [3.05, 3.63) is 77.9 Å². The number of nitrogens with one attached hydrogen (secondary N) is 1. The zero-order chi connectivity index (χ0) is 18.1. The van der Waals surface area contributed by atoms with Gasteiger partial charge in [-0.1, -0.05) is 53.8 Å². The molecule has 1 amide bonds. The van der Waals surface area contributed by atoms with E-state index < -0.39 is 0 Å². The minimum absolute atomic E-state index is 0.138. The minimum atomic E-state index is -0.138.